The number of rotatable bonds is 7. The second-order valence-electron chi connectivity index (χ2n) is 6.17. The third-order valence-electron chi connectivity index (χ3n) is 4.37. The molecule has 0 atom stereocenters. The number of hydrogen-bond donors (Lipinski definition) is 1. The Morgan fingerprint density at radius 2 is 1.79 bits per heavy atom. The number of benzene rings is 2. The fourth-order valence-corrected chi connectivity index (χ4v) is 2.93. The van der Waals surface area contributed by atoms with E-state index in [2.05, 4.69) is 54.8 Å². The summed E-state index contributed by atoms with van der Waals surface area (Å²) in [6.45, 7) is 6.88. The van der Waals surface area contributed by atoms with Crippen LogP contribution >= 0.6 is 0 Å². The molecular formula is C20H25N3O. The van der Waals surface area contributed by atoms with E-state index in [4.69, 9.17) is 15.5 Å². The second-order valence-corrected chi connectivity index (χ2v) is 6.17. The monoisotopic (exact) mass is 323 g/mol. The van der Waals surface area contributed by atoms with Crippen LogP contribution in [0.1, 0.15) is 22.5 Å². The van der Waals surface area contributed by atoms with Crippen molar-refractivity contribution < 1.29 is 4.74 Å². The van der Waals surface area contributed by atoms with Crippen LogP contribution in [0.15, 0.2) is 42.5 Å². The van der Waals surface area contributed by atoms with Crippen molar-refractivity contribution in [3.63, 3.8) is 0 Å². The SMILES string of the molecule is Cc1cc2nc(Cc3ccccc3)n(CCOCCN)c2cc1C. The summed E-state index contributed by atoms with van der Waals surface area (Å²) in [7, 11) is 0. The molecule has 3 aromatic rings. The fourth-order valence-electron chi connectivity index (χ4n) is 2.93. The first-order valence-electron chi connectivity index (χ1n) is 8.47. The van der Waals surface area contributed by atoms with Gasteiger partial charge in [-0.3, -0.25) is 0 Å². The number of imidazole rings is 1. The van der Waals surface area contributed by atoms with Crippen molar-refractivity contribution in [3.8, 4) is 0 Å². The standard InChI is InChI=1S/C20H25N3O/c1-15-12-18-19(13-16(15)2)23(9-11-24-10-8-21)20(22-18)14-17-6-4-3-5-7-17/h3-7,12-13H,8-11,14,21H2,1-2H3. The molecule has 0 fully saturated rings. The van der Waals surface area contributed by atoms with Gasteiger partial charge in [0.25, 0.3) is 0 Å². The maximum atomic E-state index is 5.59. The molecule has 0 aliphatic carbocycles. The summed E-state index contributed by atoms with van der Waals surface area (Å²) in [5.41, 5.74) is 11.6. The molecule has 0 aliphatic heterocycles. The van der Waals surface area contributed by atoms with E-state index in [9.17, 15) is 0 Å². The van der Waals surface area contributed by atoms with Gasteiger partial charge in [-0.2, -0.15) is 0 Å². The molecule has 0 unspecified atom stereocenters. The molecule has 1 aromatic heterocycles. The molecule has 3 rings (SSSR count). The predicted octanol–water partition coefficient (Wildman–Crippen LogP) is 3.22. The van der Waals surface area contributed by atoms with Crippen LogP contribution in [0.5, 0.6) is 0 Å². The van der Waals surface area contributed by atoms with Crippen molar-refractivity contribution in [2.24, 2.45) is 5.73 Å². The van der Waals surface area contributed by atoms with Crippen molar-refractivity contribution >= 4 is 11.0 Å². The van der Waals surface area contributed by atoms with Crippen LogP contribution in [0, 0.1) is 13.8 Å². The highest BCUT2D eigenvalue weighted by Crippen LogP contribution is 2.22. The molecule has 0 saturated carbocycles. The van der Waals surface area contributed by atoms with Gasteiger partial charge in [-0.05, 0) is 42.7 Å². The number of hydrogen-bond acceptors (Lipinski definition) is 3. The lowest BCUT2D eigenvalue weighted by Gasteiger charge is -2.10. The molecule has 0 aliphatic rings. The van der Waals surface area contributed by atoms with Gasteiger partial charge in [0.15, 0.2) is 0 Å². The Hall–Kier alpha value is -2.17. The zero-order chi connectivity index (χ0) is 16.9. The van der Waals surface area contributed by atoms with Crippen molar-refractivity contribution in [3.05, 3.63) is 65.0 Å². The highest BCUT2D eigenvalue weighted by molar-refractivity contribution is 5.78. The minimum absolute atomic E-state index is 0.555. The van der Waals surface area contributed by atoms with Crippen LogP contribution in [0.4, 0.5) is 0 Å². The van der Waals surface area contributed by atoms with Gasteiger partial charge in [0, 0.05) is 19.5 Å². The van der Waals surface area contributed by atoms with Crippen LogP contribution in [0.2, 0.25) is 0 Å². The van der Waals surface area contributed by atoms with Gasteiger partial charge < -0.3 is 15.0 Å². The van der Waals surface area contributed by atoms with Crippen LogP contribution in [-0.4, -0.2) is 29.3 Å². The summed E-state index contributed by atoms with van der Waals surface area (Å²) in [5, 5.41) is 0. The maximum absolute atomic E-state index is 5.59. The van der Waals surface area contributed by atoms with Crippen LogP contribution in [0.3, 0.4) is 0 Å². The quantitative estimate of drug-likeness (QED) is 0.679. The molecule has 2 aromatic carbocycles. The van der Waals surface area contributed by atoms with E-state index in [0.29, 0.717) is 19.8 Å². The first kappa shape index (κ1) is 16.7. The number of nitrogens with zero attached hydrogens (tertiary/aromatic N) is 2. The molecule has 0 radical (unpaired) electrons. The molecule has 1 heterocycles. The number of nitrogens with two attached hydrogens (primary N) is 1. The first-order chi connectivity index (χ1) is 11.7. The van der Waals surface area contributed by atoms with Crippen LogP contribution < -0.4 is 5.73 Å². The summed E-state index contributed by atoms with van der Waals surface area (Å²) in [6, 6.07) is 14.9. The van der Waals surface area contributed by atoms with Gasteiger partial charge >= 0.3 is 0 Å². The summed E-state index contributed by atoms with van der Waals surface area (Å²) in [5.74, 6) is 1.08. The average Bonchev–Trinajstić information content (AvgIpc) is 2.89. The molecule has 4 nitrogen and oxygen atoms in total. The third kappa shape index (κ3) is 3.66. The Kier molecular flexibility index (Phi) is 5.28. The summed E-state index contributed by atoms with van der Waals surface area (Å²) in [4.78, 5) is 4.89. The van der Waals surface area contributed by atoms with Crippen molar-refractivity contribution in [2.45, 2.75) is 26.8 Å². The Bertz CT molecular complexity index is 809. The topological polar surface area (TPSA) is 53.1 Å². The van der Waals surface area contributed by atoms with E-state index in [1.54, 1.807) is 0 Å². The fraction of sp³-hybridized carbons (Fsp3) is 0.350. The Morgan fingerprint density at radius 3 is 2.54 bits per heavy atom. The number of fused-ring (bicyclic) bond motifs is 1. The molecule has 0 bridgehead atoms. The largest absolute Gasteiger partial charge is 0.378 e. The Morgan fingerprint density at radius 1 is 1.04 bits per heavy atom. The molecule has 0 spiro atoms. The Labute approximate surface area is 143 Å². The van der Waals surface area contributed by atoms with Gasteiger partial charge in [0.05, 0.1) is 24.2 Å². The van der Waals surface area contributed by atoms with Gasteiger partial charge in [-0.25, -0.2) is 4.98 Å². The number of aromatic nitrogens is 2. The summed E-state index contributed by atoms with van der Waals surface area (Å²) < 4.78 is 7.87. The highest BCUT2D eigenvalue weighted by Gasteiger charge is 2.12. The van der Waals surface area contributed by atoms with Gasteiger partial charge in [-0.15, -0.1) is 0 Å². The van der Waals surface area contributed by atoms with Crippen molar-refractivity contribution in [2.75, 3.05) is 19.8 Å². The lowest BCUT2D eigenvalue weighted by Crippen LogP contribution is -2.14. The van der Waals surface area contributed by atoms with Crippen molar-refractivity contribution in [1.29, 1.82) is 0 Å². The van der Waals surface area contributed by atoms with E-state index < -0.39 is 0 Å². The lowest BCUT2D eigenvalue weighted by atomic mass is 10.1. The van der Waals surface area contributed by atoms with Gasteiger partial charge in [0.1, 0.15) is 5.82 Å². The second kappa shape index (κ2) is 7.60. The number of ether oxygens (including phenoxy) is 1. The Balaban J connectivity index is 1.95. The average molecular weight is 323 g/mol. The van der Waals surface area contributed by atoms with Crippen LogP contribution in [-0.2, 0) is 17.7 Å². The minimum atomic E-state index is 0.555. The highest BCUT2D eigenvalue weighted by atomic mass is 16.5. The molecular weight excluding hydrogens is 298 g/mol. The van der Waals surface area contributed by atoms with E-state index in [1.165, 1.54) is 22.2 Å². The lowest BCUT2D eigenvalue weighted by molar-refractivity contribution is 0.133. The molecule has 0 saturated heterocycles. The van der Waals surface area contributed by atoms with Crippen molar-refractivity contribution in [1.82, 2.24) is 9.55 Å². The first-order valence-corrected chi connectivity index (χ1v) is 8.47. The van der Waals surface area contributed by atoms with E-state index in [1.807, 2.05) is 6.07 Å². The summed E-state index contributed by atoms with van der Waals surface area (Å²) in [6.07, 6.45) is 0.824. The zero-order valence-electron chi connectivity index (χ0n) is 14.5. The molecule has 126 valence electrons. The minimum Gasteiger partial charge on any atom is -0.378 e. The normalized spacial score (nSPS) is 11.3. The van der Waals surface area contributed by atoms with Crippen LogP contribution in [0.25, 0.3) is 11.0 Å². The van der Waals surface area contributed by atoms with Gasteiger partial charge in [-0.1, -0.05) is 30.3 Å². The molecule has 24 heavy (non-hydrogen) atoms. The maximum Gasteiger partial charge on any atom is 0.114 e. The zero-order valence-corrected chi connectivity index (χ0v) is 14.5. The van der Waals surface area contributed by atoms with E-state index >= 15 is 0 Å². The summed E-state index contributed by atoms with van der Waals surface area (Å²) >= 11 is 0. The van der Waals surface area contributed by atoms with Gasteiger partial charge in [0.2, 0.25) is 0 Å². The molecule has 4 heteroatoms. The van der Waals surface area contributed by atoms with E-state index in [-0.39, 0.29) is 0 Å². The molecule has 0 amide bonds. The third-order valence-corrected chi connectivity index (χ3v) is 4.37. The van der Waals surface area contributed by atoms with E-state index in [0.717, 1.165) is 24.3 Å². The smallest absolute Gasteiger partial charge is 0.114 e. The predicted molar refractivity (Wildman–Crippen MR) is 98.3 cm³/mol. The number of aryl methyl sites for hydroxylation is 2. The molecule has 2 N–H and O–H groups in total.